The van der Waals surface area contributed by atoms with Gasteiger partial charge in [-0.3, -0.25) is 0 Å². The quantitative estimate of drug-likeness (QED) is 0.250. The fourth-order valence-electron chi connectivity index (χ4n) is 8.40. The van der Waals surface area contributed by atoms with E-state index in [9.17, 15) is 9.50 Å². The highest BCUT2D eigenvalue weighted by atomic mass is 32.2. The summed E-state index contributed by atoms with van der Waals surface area (Å²) in [5.41, 5.74) is 0.851. The van der Waals surface area contributed by atoms with E-state index in [0.29, 0.717) is 42.1 Å². The van der Waals surface area contributed by atoms with E-state index in [2.05, 4.69) is 43.9 Å². The molecule has 0 aromatic carbocycles. The number of anilines is 2. The van der Waals surface area contributed by atoms with Gasteiger partial charge in [-0.05, 0) is 112 Å². The fourth-order valence-corrected chi connectivity index (χ4v) is 9.13. The fraction of sp³-hybridized carbons (Fsp3) is 0.710. The van der Waals surface area contributed by atoms with Crippen molar-refractivity contribution >= 4 is 23.5 Å². The average molecular weight is 569 g/mol. The Morgan fingerprint density at radius 3 is 2.62 bits per heavy atom. The minimum atomic E-state index is -0.463. The molecule has 2 aromatic heterocycles. The molecule has 0 radical (unpaired) electrons. The SMILES string of the molecule is CCSc1ncccc1CNc1ncc(F)c(NCC23CC4C[C@H](C2)C(NCC2CCC(C)(O)CC2)[C@@H](C4)C3)n1. The monoisotopic (exact) mass is 568 g/mol. The first-order chi connectivity index (χ1) is 19.3. The second kappa shape index (κ2) is 11.7. The van der Waals surface area contributed by atoms with Crippen LogP contribution in [0.15, 0.2) is 29.6 Å². The Labute approximate surface area is 242 Å². The van der Waals surface area contributed by atoms with Crippen molar-refractivity contribution < 1.29 is 9.50 Å². The minimum Gasteiger partial charge on any atom is -0.390 e. The molecule has 5 fully saturated rings. The molecular weight excluding hydrogens is 523 g/mol. The van der Waals surface area contributed by atoms with Gasteiger partial charge in [0.2, 0.25) is 5.95 Å². The number of nitrogens with one attached hydrogen (secondary N) is 3. The molecule has 3 unspecified atom stereocenters. The molecule has 5 aliphatic carbocycles. The summed E-state index contributed by atoms with van der Waals surface area (Å²) in [7, 11) is 0. The summed E-state index contributed by atoms with van der Waals surface area (Å²) in [6.07, 6.45) is 13.5. The lowest BCUT2D eigenvalue weighted by Crippen LogP contribution is -2.60. The average Bonchev–Trinajstić information content (AvgIpc) is 2.93. The first-order valence-corrected chi connectivity index (χ1v) is 16.3. The highest BCUT2D eigenvalue weighted by Gasteiger charge is 2.55. The molecule has 5 atom stereocenters. The van der Waals surface area contributed by atoms with Gasteiger partial charge in [-0.1, -0.05) is 13.0 Å². The molecule has 5 saturated carbocycles. The molecule has 0 aliphatic heterocycles. The molecule has 40 heavy (non-hydrogen) atoms. The van der Waals surface area contributed by atoms with Crippen LogP contribution >= 0.6 is 11.8 Å². The number of hydrogen-bond donors (Lipinski definition) is 4. The Balaban J connectivity index is 1.05. The Morgan fingerprint density at radius 2 is 1.88 bits per heavy atom. The molecule has 0 spiro atoms. The molecule has 4 N–H and O–H groups in total. The third-order valence-corrected chi connectivity index (χ3v) is 11.1. The highest BCUT2D eigenvalue weighted by Crippen LogP contribution is 2.60. The van der Waals surface area contributed by atoms with Gasteiger partial charge in [0.25, 0.3) is 0 Å². The Morgan fingerprint density at radius 1 is 1.10 bits per heavy atom. The van der Waals surface area contributed by atoms with Gasteiger partial charge in [-0.2, -0.15) is 4.98 Å². The van der Waals surface area contributed by atoms with Crippen molar-refractivity contribution in [3.05, 3.63) is 35.9 Å². The van der Waals surface area contributed by atoms with Crippen LogP contribution < -0.4 is 16.0 Å². The van der Waals surface area contributed by atoms with Gasteiger partial charge >= 0.3 is 0 Å². The van der Waals surface area contributed by atoms with E-state index >= 15 is 0 Å². The molecule has 2 heterocycles. The first kappa shape index (κ1) is 28.2. The molecule has 5 aliphatic rings. The van der Waals surface area contributed by atoms with E-state index in [0.717, 1.165) is 61.0 Å². The molecule has 9 heteroatoms. The largest absolute Gasteiger partial charge is 0.390 e. The number of nitrogens with zero attached hydrogens (tertiary/aromatic N) is 3. The van der Waals surface area contributed by atoms with Crippen molar-refractivity contribution in [1.82, 2.24) is 20.3 Å². The Bertz CT molecular complexity index is 1150. The topological polar surface area (TPSA) is 95.0 Å². The summed E-state index contributed by atoms with van der Waals surface area (Å²) >= 11 is 1.71. The zero-order valence-electron chi connectivity index (χ0n) is 24.0. The first-order valence-electron chi connectivity index (χ1n) is 15.3. The lowest BCUT2D eigenvalue weighted by molar-refractivity contribution is -0.0711. The van der Waals surface area contributed by atoms with E-state index in [1.165, 1.54) is 38.3 Å². The summed E-state index contributed by atoms with van der Waals surface area (Å²) in [5, 5.41) is 22.0. The van der Waals surface area contributed by atoms with Gasteiger partial charge in [0.1, 0.15) is 5.03 Å². The van der Waals surface area contributed by atoms with E-state index in [1.54, 1.807) is 11.8 Å². The number of pyridine rings is 1. The van der Waals surface area contributed by atoms with Gasteiger partial charge in [0, 0.05) is 30.9 Å². The van der Waals surface area contributed by atoms with Crippen molar-refractivity contribution in [3.8, 4) is 0 Å². The maximum Gasteiger partial charge on any atom is 0.225 e. The maximum atomic E-state index is 14.8. The molecule has 2 aromatic rings. The van der Waals surface area contributed by atoms with Crippen molar-refractivity contribution in [2.24, 2.45) is 29.1 Å². The van der Waals surface area contributed by atoms with E-state index < -0.39 is 11.4 Å². The number of thioether (sulfide) groups is 1. The van der Waals surface area contributed by atoms with Gasteiger partial charge in [-0.25, -0.2) is 14.4 Å². The number of rotatable bonds is 11. The number of hydrogen-bond acceptors (Lipinski definition) is 8. The minimum absolute atomic E-state index is 0.227. The van der Waals surface area contributed by atoms with Crippen molar-refractivity contribution in [3.63, 3.8) is 0 Å². The standard InChI is InChI=1S/C31H45FN6OS/c1-3-40-28-22(5-4-10-33-28)17-35-29-36-18-25(32)27(38-29)37-19-31-13-21-11-23(14-31)26(24(12-21)15-31)34-16-20-6-8-30(2,39)9-7-20/h4-5,10,18,20-21,23-24,26,34,39H,3,6-9,11-17,19H2,1-2H3,(H2,35,36,37,38)/t20?,21?,23-,24+,26?,30?,31?. The van der Waals surface area contributed by atoms with E-state index in [4.69, 9.17) is 0 Å². The molecule has 4 bridgehead atoms. The van der Waals surface area contributed by atoms with Crippen LogP contribution in [0.25, 0.3) is 0 Å². The molecule has 0 amide bonds. The van der Waals surface area contributed by atoms with E-state index in [-0.39, 0.29) is 5.41 Å². The molecular formula is C31H45FN6OS. The third-order valence-electron chi connectivity index (χ3n) is 10.2. The summed E-state index contributed by atoms with van der Waals surface area (Å²) in [5.74, 6) is 4.19. The maximum absolute atomic E-state index is 14.8. The van der Waals surface area contributed by atoms with Gasteiger partial charge in [0.05, 0.1) is 11.8 Å². The van der Waals surface area contributed by atoms with Crippen LogP contribution in [0.5, 0.6) is 0 Å². The lowest BCUT2D eigenvalue weighted by atomic mass is 9.48. The van der Waals surface area contributed by atoms with Crippen LogP contribution in [0.3, 0.4) is 0 Å². The molecule has 7 nitrogen and oxygen atoms in total. The van der Waals surface area contributed by atoms with Crippen LogP contribution in [0, 0.1) is 34.9 Å². The number of halogens is 1. The summed E-state index contributed by atoms with van der Waals surface area (Å²) in [6, 6.07) is 4.60. The third kappa shape index (κ3) is 6.26. The van der Waals surface area contributed by atoms with Crippen LogP contribution in [-0.2, 0) is 6.54 Å². The van der Waals surface area contributed by atoms with Gasteiger partial charge in [0.15, 0.2) is 11.6 Å². The van der Waals surface area contributed by atoms with Crippen LogP contribution in [0.4, 0.5) is 16.2 Å². The second-order valence-electron chi connectivity index (χ2n) is 13.3. The smallest absolute Gasteiger partial charge is 0.225 e. The van der Waals surface area contributed by atoms with Crippen molar-refractivity contribution in [1.29, 1.82) is 0 Å². The van der Waals surface area contributed by atoms with E-state index in [1.807, 2.05) is 19.2 Å². The Kier molecular flexibility index (Phi) is 8.26. The predicted molar refractivity (Wildman–Crippen MR) is 159 cm³/mol. The van der Waals surface area contributed by atoms with Gasteiger partial charge in [-0.15, -0.1) is 11.8 Å². The zero-order chi connectivity index (χ0) is 27.7. The molecule has 0 saturated heterocycles. The Hall–Kier alpha value is -1.97. The summed E-state index contributed by atoms with van der Waals surface area (Å²) in [4.78, 5) is 13.2. The lowest BCUT2D eigenvalue weighted by Gasteiger charge is -2.60. The van der Waals surface area contributed by atoms with Crippen LogP contribution in [0.1, 0.15) is 77.2 Å². The van der Waals surface area contributed by atoms with Crippen LogP contribution in [-0.4, -0.2) is 50.5 Å². The summed E-state index contributed by atoms with van der Waals surface area (Å²) in [6.45, 7) is 6.50. The summed E-state index contributed by atoms with van der Waals surface area (Å²) < 4.78 is 14.8. The number of aromatic nitrogens is 3. The van der Waals surface area contributed by atoms with Gasteiger partial charge < -0.3 is 21.1 Å². The van der Waals surface area contributed by atoms with Crippen molar-refractivity contribution in [2.45, 2.75) is 94.8 Å². The zero-order valence-corrected chi connectivity index (χ0v) is 24.8. The second-order valence-corrected chi connectivity index (χ2v) is 14.6. The predicted octanol–water partition coefficient (Wildman–Crippen LogP) is 5.87. The number of aliphatic hydroxyl groups is 1. The highest BCUT2D eigenvalue weighted by molar-refractivity contribution is 7.99. The molecule has 7 rings (SSSR count). The van der Waals surface area contributed by atoms with Crippen LogP contribution in [0.2, 0.25) is 0 Å². The normalized spacial score (nSPS) is 34.6. The molecule has 218 valence electrons. The van der Waals surface area contributed by atoms with Crippen molar-refractivity contribution in [2.75, 3.05) is 29.5 Å².